The molecule has 0 amide bonds. The lowest BCUT2D eigenvalue weighted by Crippen LogP contribution is -2.38. The fraction of sp³-hybridized carbons (Fsp3) is 0.273. The standard InChI is InChI=1S/C22H22O5/c1-3-8-17-18-13-16(26-14-15-9-6-5-7-10-15)11-12-19(18)27-22(24)20(17)21(23)25-4-2/h3,5-7,9-13,17,20H,1,4,8,14H2,2H3/t17-,20?/m1/s1. The second-order valence-corrected chi connectivity index (χ2v) is 6.26. The molecule has 5 heteroatoms. The van der Waals surface area contributed by atoms with E-state index < -0.39 is 23.8 Å². The summed E-state index contributed by atoms with van der Waals surface area (Å²) in [7, 11) is 0. The molecular weight excluding hydrogens is 344 g/mol. The van der Waals surface area contributed by atoms with Crippen LogP contribution in [0.1, 0.15) is 30.4 Å². The van der Waals surface area contributed by atoms with Gasteiger partial charge in [0.1, 0.15) is 18.1 Å². The van der Waals surface area contributed by atoms with Gasteiger partial charge in [-0.1, -0.05) is 36.4 Å². The van der Waals surface area contributed by atoms with Gasteiger partial charge in [0.25, 0.3) is 0 Å². The van der Waals surface area contributed by atoms with Gasteiger partial charge in [0.15, 0.2) is 5.92 Å². The maximum Gasteiger partial charge on any atom is 0.326 e. The Morgan fingerprint density at radius 3 is 2.70 bits per heavy atom. The number of allylic oxidation sites excluding steroid dienone is 1. The van der Waals surface area contributed by atoms with Crippen LogP contribution in [0.4, 0.5) is 0 Å². The van der Waals surface area contributed by atoms with Gasteiger partial charge in [0.05, 0.1) is 6.61 Å². The lowest BCUT2D eigenvalue weighted by molar-refractivity contribution is -0.159. The average molecular weight is 366 g/mol. The maximum atomic E-state index is 12.4. The SMILES string of the molecule is C=CC[C@@H]1c2cc(OCc3ccccc3)ccc2OC(=O)C1C(=O)OCC. The third-order valence-corrected chi connectivity index (χ3v) is 4.46. The van der Waals surface area contributed by atoms with Crippen molar-refractivity contribution >= 4 is 11.9 Å². The van der Waals surface area contributed by atoms with E-state index in [1.807, 2.05) is 36.4 Å². The van der Waals surface area contributed by atoms with Crippen molar-refractivity contribution in [1.82, 2.24) is 0 Å². The van der Waals surface area contributed by atoms with Crippen LogP contribution in [0.5, 0.6) is 11.5 Å². The topological polar surface area (TPSA) is 61.8 Å². The highest BCUT2D eigenvalue weighted by molar-refractivity contribution is 5.98. The molecule has 3 rings (SSSR count). The molecule has 5 nitrogen and oxygen atoms in total. The molecule has 1 aliphatic heterocycles. The summed E-state index contributed by atoms with van der Waals surface area (Å²) in [5.74, 6) is -1.47. The van der Waals surface area contributed by atoms with Gasteiger partial charge in [-0.2, -0.15) is 0 Å². The summed E-state index contributed by atoms with van der Waals surface area (Å²) in [6.07, 6.45) is 2.14. The minimum Gasteiger partial charge on any atom is -0.489 e. The van der Waals surface area contributed by atoms with Crippen molar-refractivity contribution in [1.29, 1.82) is 0 Å². The molecule has 1 aliphatic rings. The summed E-state index contributed by atoms with van der Waals surface area (Å²) in [6, 6.07) is 15.1. The van der Waals surface area contributed by atoms with Crippen molar-refractivity contribution < 1.29 is 23.8 Å². The number of hydrogen-bond acceptors (Lipinski definition) is 5. The summed E-state index contributed by atoms with van der Waals surface area (Å²) in [6.45, 7) is 6.09. The van der Waals surface area contributed by atoms with Gasteiger partial charge in [-0.05, 0) is 37.1 Å². The Hall–Kier alpha value is -3.08. The summed E-state index contributed by atoms with van der Waals surface area (Å²) in [5.41, 5.74) is 1.80. The molecule has 1 heterocycles. The number of carbonyl (C=O) groups is 2. The lowest BCUT2D eigenvalue weighted by Gasteiger charge is -2.30. The third kappa shape index (κ3) is 4.19. The second-order valence-electron chi connectivity index (χ2n) is 6.26. The van der Waals surface area contributed by atoms with Gasteiger partial charge >= 0.3 is 11.9 Å². The van der Waals surface area contributed by atoms with E-state index in [0.717, 1.165) is 11.1 Å². The maximum absolute atomic E-state index is 12.4. The Labute approximate surface area is 158 Å². The average Bonchev–Trinajstić information content (AvgIpc) is 2.67. The fourth-order valence-electron chi connectivity index (χ4n) is 3.19. The minimum absolute atomic E-state index is 0.205. The smallest absolute Gasteiger partial charge is 0.326 e. The van der Waals surface area contributed by atoms with E-state index in [1.54, 1.807) is 25.1 Å². The molecule has 27 heavy (non-hydrogen) atoms. The summed E-state index contributed by atoms with van der Waals surface area (Å²) >= 11 is 0. The largest absolute Gasteiger partial charge is 0.489 e. The lowest BCUT2D eigenvalue weighted by atomic mass is 9.81. The molecule has 2 atom stereocenters. The first-order valence-electron chi connectivity index (χ1n) is 8.94. The molecule has 0 fully saturated rings. The quantitative estimate of drug-likeness (QED) is 0.320. The van der Waals surface area contributed by atoms with Crippen LogP contribution in [0, 0.1) is 5.92 Å². The van der Waals surface area contributed by atoms with E-state index in [9.17, 15) is 9.59 Å². The number of hydrogen-bond donors (Lipinski definition) is 0. The monoisotopic (exact) mass is 366 g/mol. The van der Waals surface area contributed by atoms with E-state index in [4.69, 9.17) is 14.2 Å². The van der Waals surface area contributed by atoms with Gasteiger partial charge in [0.2, 0.25) is 0 Å². The van der Waals surface area contributed by atoms with Crippen LogP contribution in [-0.2, 0) is 20.9 Å². The molecular formula is C22H22O5. The number of fused-ring (bicyclic) bond motifs is 1. The van der Waals surface area contributed by atoms with Gasteiger partial charge in [-0.3, -0.25) is 9.59 Å². The van der Waals surface area contributed by atoms with Crippen molar-refractivity contribution in [2.24, 2.45) is 5.92 Å². The summed E-state index contributed by atoms with van der Waals surface area (Å²) in [4.78, 5) is 24.7. The van der Waals surface area contributed by atoms with Crippen molar-refractivity contribution in [3.63, 3.8) is 0 Å². The highest BCUT2D eigenvalue weighted by Gasteiger charge is 2.43. The summed E-state index contributed by atoms with van der Waals surface area (Å²) < 4.78 is 16.3. The van der Waals surface area contributed by atoms with E-state index in [1.165, 1.54) is 0 Å². The van der Waals surface area contributed by atoms with Gasteiger partial charge in [-0.15, -0.1) is 6.58 Å². The van der Waals surface area contributed by atoms with Crippen LogP contribution in [0.25, 0.3) is 0 Å². The second kappa shape index (κ2) is 8.54. The molecule has 0 aromatic heterocycles. The zero-order chi connectivity index (χ0) is 19.2. The zero-order valence-electron chi connectivity index (χ0n) is 15.2. The Morgan fingerprint density at radius 2 is 2.00 bits per heavy atom. The van der Waals surface area contributed by atoms with Crippen molar-refractivity contribution in [3.8, 4) is 11.5 Å². The molecule has 0 saturated carbocycles. The van der Waals surface area contributed by atoms with Crippen molar-refractivity contribution in [2.75, 3.05) is 6.61 Å². The van der Waals surface area contributed by atoms with Crippen LogP contribution in [-0.4, -0.2) is 18.5 Å². The predicted octanol–water partition coefficient (Wildman–Crippen LogP) is 4.02. The highest BCUT2D eigenvalue weighted by atomic mass is 16.6. The number of carbonyl (C=O) groups excluding carboxylic acids is 2. The Kier molecular flexibility index (Phi) is 5.91. The van der Waals surface area contributed by atoms with E-state index in [0.29, 0.717) is 24.5 Å². The molecule has 0 aliphatic carbocycles. The van der Waals surface area contributed by atoms with Crippen molar-refractivity contribution in [2.45, 2.75) is 25.9 Å². The van der Waals surface area contributed by atoms with Crippen molar-refractivity contribution in [3.05, 3.63) is 72.3 Å². The Morgan fingerprint density at radius 1 is 1.22 bits per heavy atom. The van der Waals surface area contributed by atoms with Crippen LogP contribution in [0.3, 0.4) is 0 Å². The first-order chi connectivity index (χ1) is 13.1. The number of esters is 2. The molecule has 0 saturated heterocycles. The fourth-order valence-corrected chi connectivity index (χ4v) is 3.19. The molecule has 140 valence electrons. The van der Waals surface area contributed by atoms with Crippen LogP contribution in [0.15, 0.2) is 61.2 Å². The number of benzene rings is 2. The van der Waals surface area contributed by atoms with E-state index in [2.05, 4.69) is 6.58 Å². The van der Waals surface area contributed by atoms with E-state index in [-0.39, 0.29) is 6.61 Å². The normalized spacial score (nSPS) is 18.2. The van der Waals surface area contributed by atoms with E-state index >= 15 is 0 Å². The Balaban J connectivity index is 1.87. The first-order valence-corrected chi connectivity index (χ1v) is 8.94. The number of rotatable bonds is 7. The van der Waals surface area contributed by atoms with Crippen LogP contribution >= 0.6 is 0 Å². The minimum atomic E-state index is -1.00. The molecule has 2 aromatic rings. The third-order valence-electron chi connectivity index (χ3n) is 4.46. The number of ether oxygens (including phenoxy) is 3. The first kappa shape index (κ1) is 18.7. The van der Waals surface area contributed by atoms with Gasteiger partial charge < -0.3 is 14.2 Å². The van der Waals surface area contributed by atoms with Gasteiger partial charge in [-0.25, -0.2) is 0 Å². The molecule has 0 radical (unpaired) electrons. The molecule has 1 unspecified atom stereocenters. The highest BCUT2D eigenvalue weighted by Crippen LogP contribution is 2.42. The Bertz CT molecular complexity index is 828. The molecule has 0 N–H and O–H groups in total. The van der Waals surface area contributed by atoms with Crippen LogP contribution < -0.4 is 9.47 Å². The molecule has 0 bridgehead atoms. The molecule has 2 aromatic carbocycles. The predicted molar refractivity (Wildman–Crippen MR) is 101 cm³/mol. The van der Waals surface area contributed by atoms with Crippen LogP contribution in [0.2, 0.25) is 0 Å². The molecule has 0 spiro atoms. The van der Waals surface area contributed by atoms with Gasteiger partial charge in [0, 0.05) is 11.5 Å². The summed E-state index contributed by atoms with van der Waals surface area (Å²) in [5, 5.41) is 0. The zero-order valence-corrected chi connectivity index (χ0v) is 15.2.